The molecule has 21 heavy (non-hydrogen) atoms. The molecule has 1 aromatic heterocycles. The summed E-state index contributed by atoms with van der Waals surface area (Å²) >= 11 is 0. The smallest absolute Gasteiger partial charge is 0.0547 e. The van der Waals surface area contributed by atoms with Crippen molar-refractivity contribution >= 4 is 0 Å². The predicted octanol–water partition coefficient (Wildman–Crippen LogP) is 1.86. The third-order valence-corrected chi connectivity index (χ3v) is 4.54. The van der Waals surface area contributed by atoms with Crippen LogP contribution >= 0.6 is 0 Å². The summed E-state index contributed by atoms with van der Waals surface area (Å²) in [5.74, 6) is 0. The first-order chi connectivity index (χ1) is 10.2. The van der Waals surface area contributed by atoms with E-state index in [0.29, 0.717) is 6.04 Å². The van der Waals surface area contributed by atoms with Gasteiger partial charge in [0.1, 0.15) is 0 Å². The molecule has 3 rings (SSSR count). The molecule has 0 unspecified atom stereocenters. The molecule has 1 aliphatic heterocycles. The van der Waals surface area contributed by atoms with Crippen molar-refractivity contribution in [1.29, 1.82) is 0 Å². The number of nitrogens with one attached hydrogen (secondary N) is 1. The third kappa shape index (κ3) is 4.50. The second kappa shape index (κ2) is 6.86. The Kier molecular flexibility index (Phi) is 4.88. The Hall–Kier alpha value is -0.970. The predicted molar refractivity (Wildman–Crippen MR) is 86.1 cm³/mol. The third-order valence-electron chi connectivity index (χ3n) is 4.54. The molecule has 1 saturated carbocycles. The molecule has 0 bridgehead atoms. The van der Waals surface area contributed by atoms with Gasteiger partial charge in [-0.1, -0.05) is 6.07 Å². The SMILES string of the molecule is CC(C)N1CCN(Cc2cccc(CNC3CC3)n2)CC1. The first-order valence-electron chi connectivity index (χ1n) is 8.35. The van der Waals surface area contributed by atoms with E-state index in [9.17, 15) is 0 Å². The Balaban J connectivity index is 1.49. The molecule has 0 aromatic carbocycles. The summed E-state index contributed by atoms with van der Waals surface area (Å²) in [4.78, 5) is 9.89. The van der Waals surface area contributed by atoms with Crippen molar-refractivity contribution in [2.45, 2.75) is 51.9 Å². The molecule has 0 amide bonds. The summed E-state index contributed by atoms with van der Waals surface area (Å²) in [7, 11) is 0. The van der Waals surface area contributed by atoms with Gasteiger partial charge in [-0.05, 0) is 38.8 Å². The Labute approximate surface area is 128 Å². The van der Waals surface area contributed by atoms with Crippen molar-refractivity contribution in [3.05, 3.63) is 29.6 Å². The summed E-state index contributed by atoms with van der Waals surface area (Å²) in [5.41, 5.74) is 2.39. The van der Waals surface area contributed by atoms with Crippen LogP contribution in [0.2, 0.25) is 0 Å². The van der Waals surface area contributed by atoms with Crippen LogP contribution in [0, 0.1) is 0 Å². The first kappa shape index (κ1) is 14.9. The number of hydrogen-bond acceptors (Lipinski definition) is 4. The number of aromatic nitrogens is 1. The highest BCUT2D eigenvalue weighted by molar-refractivity contribution is 5.11. The van der Waals surface area contributed by atoms with Gasteiger partial charge in [-0.25, -0.2) is 0 Å². The molecule has 1 saturated heterocycles. The maximum atomic E-state index is 4.80. The monoisotopic (exact) mass is 288 g/mol. The van der Waals surface area contributed by atoms with Gasteiger partial charge in [-0.2, -0.15) is 0 Å². The molecular formula is C17H28N4. The quantitative estimate of drug-likeness (QED) is 0.866. The minimum Gasteiger partial charge on any atom is -0.308 e. The van der Waals surface area contributed by atoms with Crippen LogP contribution in [0.5, 0.6) is 0 Å². The van der Waals surface area contributed by atoms with E-state index in [4.69, 9.17) is 4.98 Å². The molecule has 0 atom stereocenters. The van der Waals surface area contributed by atoms with E-state index >= 15 is 0 Å². The second-order valence-electron chi connectivity index (χ2n) is 6.68. The molecule has 2 aliphatic rings. The van der Waals surface area contributed by atoms with Crippen molar-refractivity contribution in [3.63, 3.8) is 0 Å². The summed E-state index contributed by atoms with van der Waals surface area (Å²) in [5, 5.41) is 3.54. The minimum atomic E-state index is 0.669. The van der Waals surface area contributed by atoms with Gasteiger partial charge in [0.05, 0.1) is 11.4 Å². The zero-order valence-electron chi connectivity index (χ0n) is 13.4. The van der Waals surface area contributed by atoms with E-state index in [-0.39, 0.29) is 0 Å². The highest BCUT2D eigenvalue weighted by atomic mass is 15.3. The fourth-order valence-corrected chi connectivity index (χ4v) is 2.92. The summed E-state index contributed by atoms with van der Waals surface area (Å²) in [6, 6.07) is 7.86. The van der Waals surface area contributed by atoms with E-state index in [1.165, 1.54) is 37.3 Å². The van der Waals surface area contributed by atoms with E-state index < -0.39 is 0 Å². The van der Waals surface area contributed by atoms with E-state index in [2.05, 4.69) is 47.2 Å². The van der Waals surface area contributed by atoms with Crippen molar-refractivity contribution in [3.8, 4) is 0 Å². The van der Waals surface area contributed by atoms with Gasteiger partial charge in [0.25, 0.3) is 0 Å². The van der Waals surface area contributed by atoms with Crippen LogP contribution in [0.4, 0.5) is 0 Å². The Morgan fingerprint density at radius 3 is 2.52 bits per heavy atom. The molecule has 0 spiro atoms. The normalized spacial score (nSPS) is 21.1. The molecule has 1 aliphatic carbocycles. The number of piperazine rings is 1. The fourth-order valence-electron chi connectivity index (χ4n) is 2.92. The zero-order chi connectivity index (χ0) is 14.7. The Bertz CT molecular complexity index is 448. The molecule has 1 aromatic rings. The largest absolute Gasteiger partial charge is 0.308 e. The van der Waals surface area contributed by atoms with Crippen molar-refractivity contribution in [1.82, 2.24) is 20.1 Å². The lowest BCUT2D eigenvalue weighted by molar-refractivity contribution is 0.103. The molecule has 0 radical (unpaired) electrons. The van der Waals surface area contributed by atoms with Gasteiger partial charge in [-0.3, -0.25) is 14.8 Å². The molecule has 2 heterocycles. The summed E-state index contributed by atoms with van der Waals surface area (Å²) in [6.07, 6.45) is 2.67. The highest BCUT2D eigenvalue weighted by Gasteiger charge is 2.21. The lowest BCUT2D eigenvalue weighted by Gasteiger charge is -2.36. The van der Waals surface area contributed by atoms with Crippen LogP contribution in [-0.4, -0.2) is 53.0 Å². The van der Waals surface area contributed by atoms with Crippen molar-refractivity contribution < 1.29 is 0 Å². The number of pyridine rings is 1. The van der Waals surface area contributed by atoms with Gasteiger partial charge in [-0.15, -0.1) is 0 Å². The van der Waals surface area contributed by atoms with Crippen molar-refractivity contribution in [2.75, 3.05) is 26.2 Å². The maximum absolute atomic E-state index is 4.80. The lowest BCUT2D eigenvalue weighted by atomic mass is 10.2. The van der Waals surface area contributed by atoms with Gasteiger partial charge >= 0.3 is 0 Å². The summed E-state index contributed by atoms with van der Waals surface area (Å²) < 4.78 is 0. The van der Waals surface area contributed by atoms with Crippen LogP contribution in [0.1, 0.15) is 38.1 Å². The van der Waals surface area contributed by atoms with E-state index in [0.717, 1.165) is 32.2 Å². The molecule has 1 N–H and O–H groups in total. The zero-order valence-corrected chi connectivity index (χ0v) is 13.4. The van der Waals surface area contributed by atoms with E-state index in [1.54, 1.807) is 0 Å². The van der Waals surface area contributed by atoms with Crippen LogP contribution in [0.15, 0.2) is 18.2 Å². The number of hydrogen-bond donors (Lipinski definition) is 1. The number of rotatable bonds is 6. The molecular weight excluding hydrogens is 260 g/mol. The number of nitrogens with zero attached hydrogens (tertiary/aromatic N) is 3. The van der Waals surface area contributed by atoms with Gasteiger partial charge < -0.3 is 5.32 Å². The molecule has 4 nitrogen and oxygen atoms in total. The van der Waals surface area contributed by atoms with Crippen molar-refractivity contribution in [2.24, 2.45) is 0 Å². The molecule has 4 heteroatoms. The average molecular weight is 288 g/mol. The topological polar surface area (TPSA) is 31.4 Å². The minimum absolute atomic E-state index is 0.669. The Morgan fingerprint density at radius 1 is 1.14 bits per heavy atom. The van der Waals surface area contributed by atoms with E-state index in [1.807, 2.05) is 0 Å². The average Bonchev–Trinajstić information content (AvgIpc) is 3.30. The van der Waals surface area contributed by atoms with Gasteiger partial charge in [0.2, 0.25) is 0 Å². The van der Waals surface area contributed by atoms with Crippen LogP contribution in [0.25, 0.3) is 0 Å². The standard InChI is InChI=1S/C17H28N4/c1-14(2)21-10-8-20(9-11-21)13-17-5-3-4-16(19-17)12-18-15-6-7-15/h3-5,14-15,18H,6-13H2,1-2H3. The second-order valence-corrected chi connectivity index (χ2v) is 6.68. The molecule has 116 valence electrons. The van der Waals surface area contributed by atoms with Crippen LogP contribution in [0.3, 0.4) is 0 Å². The van der Waals surface area contributed by atoms with Crippen LogP contribution in [-0.2, 0) is 13.1 Å². The first-order valence-corrected chi connectivity index (χ1v) is 8.35. The van der Waals surface area contributed by atoms with Gasteiger partial charge in [0, 0.05) is 51.4 Å². The summed E-state index contributed by atoms with van der Waals surface area (Å²) in [6.45, 7) is 11.2. The highest BCUT2D eigenvalue weighted by Crippen LogP contribution is 2.19. The lowest BCUT2D eigenvalue weighted by Crippen LogP contribution is -2.48. The maximum Gasteiger partial charge on any atom is 0.0547 e. The van der Waals surface area contributed by atoms with Gasteiger partial charge in [0.15, 0.2) is 0 Å². The molecule has 2 fully saturated rings. The van der Waals surface area contributed by atoms with Crippen LogP contribution < -0.4 is 5.32 Å². The fraction of sp³-hybridized carbons (Fsp3) is 0.706. The Morgan fingerprint density at radius 2 is 1.86 bits per heavy atom.